The third kappa shape index (κ3) is 6.06. The molecule has 0 atom stereocenters. The van der Waals surface area contributed by atoms with Crippen LogP contribution in [-0.2, 0) is 0 Å². The minimum atomic E-state index is 0.560. The first-order chi connectivity index (χ1) is 30.7. The van der Waals surface area contributed by atoms with Crippen LogP contribution in [0.3, 0.4) is 0 Å². The molecule has 3 heterocycles. The van der Waals surface area contributed by atoms with E-state index in [0.29, 0.717) is 17.6 Å². The van der Waals surface area contributed by atoms with Crippen LogP contribution in [0.15, 0.2) is 224 Å². The van der Waals surface area contributed by atoms with Gasteiger partial charge in [-0.1, -0.05) is 182 Å². The molecule has 0 unspecified atom stereocenters. The van der Waals surface area contributed by atoms with E-state index >= 15 is 0 Å². The summed E-state index contributed by atoms with van der Waals surface area (Å²) < 4.78 is 4.58. The molecule has 0 aliphatic carbocycles. The summed E-state index contributed by atoms with van der Waals surface area (Å²) in [5.41, 5.74) is 14.2. The average Bonchev–Trinajstić information content (AvgIpc) is 3.86. The molecular formula is C57H37N5. The van der Waals surface area contributed by atoms with Crippen LogP contribution in [-0.4, -0.2) is 24.1 Å². The molecule has 5 heteroatoms. The van der Waals surface area contributed by atoms with Crippen molar-refractivity contribution in [2.45, 2.75) is 0 Å². The minimum absolute atomic E-state index is 0.560. The van der Waals surface area contributed by atoms with Crippen LogP contribution < -0.4 is 0 Å². The van der Waals surface area contributed by atoms with Gasteiger partial charge in [0.05, 0.1) is 22.1 Å². The van der Waals surface area contributed by atoms with E-state index in [4.69, 9.17) is 15.0 Å². The van der Waals surface area contributed by atoms with E-state index in [1.54, 1.807) is 0 Å². The Kier molecular flexibility index (Phi) is 8.42. The van der Waals surface area contributed by atoms with Crippen molar-refractivity contribution >= 4 is 43.6 Å². The molecule has 0 bridgehead atoms. The quantitative estimate of drug-likeness (QED) is 0.162. The molecule has 0 saturated carbocycles. The van der Waals surface area contributed by atoms with Gasteiger partial charge >= 0.3 is 0 Å². The summed E-state index contributed by atoms with van der Waals surface area (Å²) in [7, 11) is 0. The summed E-state index contributed by atoms with van der Waals surface area (Å²) in [6, 6.07) is 79.2. The molecule has 62 heavy (non-hydrogen) atoms. The van der Waals surface area contributed by atoms with Crippen molar-refractivity contribution in [1.29, 1.82) is 0 Å². The number of para-hydroxylation sites is 3. The lowest BCUT2D eigenvalue weighted by Crippen LogP contribution is -2.06. The van der Waals surface area contributed by atoms with Gasteiger partial charge in [-0.25, -0.2) is 4.98 Å². The normalized spacial score (nSPS) is 11.5. The van der Waals surface area contributed by atoms with Crippen LogP contribution in [0, 0.1) is 0 Å². The Hall–Kier alpha value is -8.41. The standard InChI is InChI=1S/C57H37N5/c1-4-15-38(16-5-1)40-27-31-42(32-28-40)55-58-56(43-33-29-41(30-34-43)45-20-14-19-44(35-45)39-17-6-2-7-18-39)60-57(59-55)62-52-26-13-11-24-48(52)50-36-49-47-23-10-12-25-51(47)61(53(49)37-54(50)62)46-21-8-3-9-22-46/h1-37H. The highest BCUT2D eigenvalue weighted by Gasteiger charge is 2.21. The molecule has 0 spiro atoms. The molecule has 0 fully saturated rings. The van der Waals surface area contributed by atoms with Crippen LogP contribution in [0.1, 0.15) is 0 Å². The van der Waals surface area contributed by atoms with E-state index in [9.17, 15) is 0 Å². The molecular weight excluding hydrogens is 755 g/mol. The first-order valence-corrected chi connectivity index (χ1v) is 20.9. The number of hydrogen-bond donors (Lipinski definition) is 0. The fourth-order valence-corrected chi connectivity index (χ4v) is 8.99. The fraction of sp³-hybridized carbons (Fsp3) is 0. The average molecular weight is 792 g/mol. The van der Waals surface area contributed by atoms with Crippen molar-refractivity contribution in [2.24, 2.45) is 0 Å². The number of benzene rings is 9. The van der Waals surface area contributed by atoms with Crippen molar-refractivity contribution in [3.05, 3.63) is 224 Å². The Morgan fingerprint density at radius 2 is 0.645 bits per heavy atom. The van der Waals surface area contributed by atoms with Gasteiger partial charge < -0.3 is 4.57 Å². The van der Waals surface area contributed by atoms with Gasteiger partial charge in [0.25, 0.3) is 0 Å². The van der Waals surface area contributed by atoms with E-state index in [0.717, 1.165) is 71.9 Å². The molecule has 12 aromatic rings. The molecule has 3 aromatic heterocycles. The number of rotatable bonds is 7. The van der Waals surface area contributed by atoms with Crippen molar-refractivity contribution < 1.29 is 0 Å². The van der Waals surface area contributed by atoms with Crippen molar-refractivity contribution in [1.82, 2.24) is 24.1 Å². The Morgan fingerprint density at radius 1 is 0.242 bits per heavy atom. The summed E-state index contributed by atoms with van der Waals surface area (Å²) in [5, 5.41) is 4.69. The van der Waals surface area contributed by atoms with Crippen LogP contribution in [0.4, 0.5) is 0 Å². The summed E-state index contributed by atoms with van der Waals surface area (Å²) in [6.45, 7) is 0. The number of nitrogens with zero attached hydrogens (tertiary/aromatic N) is 5. The number of aromatic nitrogens is 5. The maximum absolute atomic E-state index is 5.33. The predicted octanol–water partition coefficient (Wildman–Crippen LogP) is 14.4. The molecule has 0 aliphatic heterocycles. The molecule has 9 aromatic carbocycles. The van der Waals surface area contributed by atoms with Crippen molar-refractivity contribution in [2.75, 3.05) is 0 Å². The van der Waals surface area contributed by atoms with E-state index in [1.165, 1.54) is 21.9 Å². The van der Waals surface area contributed by atoms with Gasteiger partial charge in [0.15, 0.2) is 11.6 Å². The summed E-state index contributed by atoms with van der Waals surface area (Å²) in [5.74, 6) is 1.77. The second-order valence-electron chi connectivity index (χ2n) is 15.7. The van der Waals surface area contributed by atoms with E-state index < -0.39 is 0 Å². The van der Waals surface area contributed by atoms with Crippen LogP contribution in [0.25, 0.3) is 111 Å². The van der Waals surface area contributed by atoms with Crippen LogP contribution in [0.2, 0.25) is 0 Å². The highest BCUT2D eigenvalue weighted by molar-refractivity contribution is 6.19. The van der Waals surface area contributed by atoms with Gasteiger partial charge in [-0.3, -0.25) is 4.57 Å². The summed E-state index contributed by atoms with van der Waals surface area (Å²) in [4.78, 5) is 15.8. The first-order valence-electron chi connectivity index (χ1n) is 20.9. The zero-order valence-electron chi connectivity index (χ0n) is 33.6. The highest BCUT2D eigenvalue weighted by Crippen LogP contribution is 2.40. The molecule has 290 valence electrons. The Morgan fingerprint density at radius 3 is 1.21 bits per heavy atom. The topological polar surface area (TPSA) is 48.5 Å². The van der Waals surface area contributed by atoms with Gasteiger partial charge in [-0.15, -0.1) is 0 Å². The van der Waals surface area contributed by atoms with Gasteiger partial charge in [0, 0.05) is 38.4 Å². The van der Waals surface area contributed by atoms with Crippen molar-refractivity contribution in [3.8, 4) is 67.8 Å². The van der Waals surface area contributed by atoms with Gasteiger partial charge in [0.1, 0.15) is 0 Å². The maximum Gasteiger partial charge on any atom is 0.238 e. The lowest BCUT2D eigenvalue weighted by Gasteiger charge is -2.12. The lowest BCUT2D eigenvalue weighted by molar-refractivity contribution is 0.953. The predicted molar refractivity (Wildman–Crippen MR) is 256 cm³/mol. The molecule has 0 amide bonds. The largest absolute Gasteiger partial charge is 0.309 e. The molecule has 0 saturated heterocycles. The number of fused-ring (bicyclic) bond motifs is 6. The highest BCUT2D eigenvalue weighted by atomic mass is 15.2. The Bertz CT molecular complexity index is 3590. The first kappa shape index (κ1) is 35.5. The fourth-order valence-electron chi connectivity index (χ4n) is 8.99. The third-order valence-corrected chi connectivity index (χ3v) is 12.0. The zero-order valence-corrected chi connectivity index (χ0v) is 33.6. The smallest absolute Gasteiger partial charge is 0.238 e. The van der Waals surface area contributed by atoms with E-state index in [2.05, 4.69) is 228 Å². The van der Waals surface area contributed by atoms with Gasteiger partial charge in [0.2, 0.25) is 5.95 Å². The van der Waals surface area contributed by atoms with E-state index in [-0.39, 0.29) is 0 Å². The molecule has 0 radical (unpaired) electrons. The van der Waals surface area contributed by atoms with Crippen LogP contribution >= 0.6 is 0 Å². The molecule has 12 rings (SSSR count). The van der Waals surface area contributed by atoms with Gasteiger partial charge in [-0.05, 0) is 75.8 Å². The summed E-state index contributed by atoms with van der Waals surface area (Å²) in [6.07, 6.45) is 0. The second kappa shape index (κ2) is 14.7. The SMILES string of the molecule is c1ccc(-c2ccc(-c3nc(-c4ccc(-c5cccc(-c6ccccc6)c5)cc4)nc(-n4c5ccccc5c5cc6c7ccccc7n(-c7ccccc7)c6cc54)n3)cc2)cc1. The Balaban J connectivity index is 1.06. The number of hydrogen-bond acceptors (Lipinski definition) is 3. The Labute approximate surface area is 358 Å². The van der Waals surface area contributed by atoms with Crippen molar-refractivity contribution in [3.63, 3.8) is 0 Å². The molecule has 0 aliphatic rings. The second-order valence-corrected chi connectivity index (χ2v) is 15.7. The van der Waals surface area contributed by atoms with Crippen LogP contribution in [0.5, 0.6) is 0 Å². The van der Waals surface area contributed by atoms with E-state index in [1.807, 2.05) is 6.07 Å². The molecule has 5 nitrogen and oxygen atoms in total. The lowest BCUT2D eigenvalue weighted by atomic mass is 9.98. The van der Waals surface area contributed by atoms with Gasteiger partial charge in [-0.2, -0.15) is 9.97 Å². The minimum Gasteiger partial charge on any atom is -0.309 e. The zero-order chi connectivity index (χ0) is 41.0. The maximum atomic E-state index is 5.33. The molecule has 0 N–H and O–H groups in total. The summed E-state index contributed by atoms with van der Waals surface area (Å²) >= 11 is 0. The third-order valence-electron chi connectivity index (χ3n) is 12.0. The monoisotopic (exact) mass is 791 g/mol.